The van der Waals surface area contributed by atoms with Crippen LogP contribution in [0, 0.1) is 11.7 Å². The molecule has 0 saturated heterocycles. The molecule has 1 N–H and O–H groups in total. The molecule has 4 heteroatoms. The van der Waals surface area contributed by atoms with Crippen LogP contribution in [0.4, 0.5) is 4.39 Å². The first-order valence-corrected chi connectivity index (χ1v) is 5.98. The van der Waals surface area contributed by atoms with E-state index >= 15 is 0 Å². The predicted octanol–water partition coefficient (Wildman–Crippen LogP) is 3.10. The normalized spacial score (nSPS) is 15.6. The Balaban J connectivity index is 2.08. The van der Waals surface area contributed by atoms with Crippen molar-refractivity contribution >= 4 is 12.0 Å². The lowest BCUT2D eigenvalue weighted by Gasteiger charge is -2.25. The first-order chi connectivity index (χ1) is 8.65. The van der Waals surface area contributed by atoms with Gasteiger partial charge in [0.2, 0.25) is 0 Å². The third-order valence-electron chi connectivity index (χ3n) is 3.08. The van der Waals surface area contributed by atoms with Crippen LogP contribution >= 0.6 is 0 Å². The second-order valence-corrected chi connectivity index (χ2v) is 4.46. The number of aliphatic carboxylic acids is 1. The highest BCUT2D eigenvalue weighted by Gasteiger charge is 2.18. The Bertz CT molecular complexity index is 464. The van der Waals surface area contributed by atoms with E-state index in [4.69, 9.17) is 9.84 Å². The molecular formula is C14H15FO3. The van der Waals surface area contributed by atoms with Crippen LogP contribution < -0.4 is 4.74 Å². The van der Waals surface area contributed by atoms with Crippen molar-refractivity contribution in [2.75, 3.05) is 6.61 Å². The summed E-state index contributed by atoms with van der Waals surface area (Å²) in [6.07, 6.45) is 5.90. The van der Waals surface area contributed by atoms with E-state index in [0.29, 0.717) is 23.8 Å². The highest BCUT2D eigenvalue weighted by molar-refractivity contribution is 5.85. The number of carboxylic acid groups (broad SMARTS) is 1. The third-order valence-corrected chi connectivity index (χ3v) is 3.08. The molecule has 1 fully saturated rings. The molecule has 2 rings (SSSR count). The first-order valence-electron chi connectivity index (χ1n) is 5.98. The Hall–Kier alpha value is -1.84. The summed E-state index contributed by atoms with van der Waals surface area (Å²) in [7, 11) is 0. The average Bonchev–Trinajstić information content (AvgIpc) is 2.26. The fourth-order valence-corrected chi connectivity index (χ4v) is 1.81. The van der Waals surface area contributed by atoms with E-state index in [1.165, 1.54) is 43.5 Å². The van der Waals surface area contributed by atoms with Gasteiger partial charge in [-0.05, 0) is 43.0 Å². The molecule has 0 bridgehead atoms. The van der Waals surface area contributed by atoms with Crippen molar-refractivity contribution in [1.82, 2.24) is 0 Å². The molecule has 0 unspecified atom stereocenters. The monoisotopic (exact) mass is 250 g/mol. The van der Waals surface area contributed by atoms with Gasteiger partial charge in [-0.3, -0.25) is 0 Å². The third kappa shape index (κ3) is 3.32. The van der Waals surface area contributed by atoms with Gasteiger partial charge in [0.1, 0.15) is 11.6 Å². The van der Waals surface area contributed by atoms with E-state index in [-0.39, 0.29) is 0 Å². The molecule has 1 saturated carbocycles. The zero-order chi connectivity index (χ0) is 13.0. The van der Waals surface area contributed by atoms with E-state index in [2.05, 4.69) is 0 Å². The topological polar surface area (TPSA) is 46.5 Å². The van der Waals surface area contributed by atoms with Gasteiger partial charge < -0.3 is 9.84 Å². The van der Waals surface area contributed by atoms with Gasteiger partial charge in [-0.1, -0.05) is 6.42 Å². The predicted molar refractivity (Wildman–Crippen MR) is 65.9 cm³/mol. The maximum absolute atomic E-state index is 13.1. The van der Waals surface area contributed by atoms with E-state index in [1.54, 1.807) is 0 Å². The second-order valence-electron chi connectivity index (χ2n) is 4.46. The van der Waals surface area contributed by atoms with Gasteiger partial charge in [0, 0.05) is 11.6 Å². The van der Waals surface area contributed by atoms with Crippen LogP contribution in [0.3, 0.4) is 0 Å². The SMILES string of the molecule is O=C(O)/C=C/c1cc(F)ccc1OCC1CCC1. The summed E-state index contributed by atoms with van der Waals surface area (Å²) in [4.78, 5) is 10.5. The van der Waals surface area contributed by atoms with E-state index in [1.807, 2.05) is 0 Å². The zero-order valence-electron chi connectivity index (χ0n) is 9.93. The fraction of sp³-hybridized carbons (Fsp3) is 0.357. The molecule has 18 heavy (non-hydrogen) atoms. The van der Waals surface area contributed by atoms with Gasteiger partial charge in [0.05, 0.1) is 6.61 Å². The molecule has 3 nitrogen and oxygen atoms in total. The summed E-state index contributed by atoms with van der Waals surface area (Å²) in [5.74, 6) is -0.368. The van der Waals surface area contributed by atoms with Gasteiger partial charge in [-0.15, -0.1) is 0 Å². The van der Waals surface area contributed by atoms with Crippen LogP contribution in [0.2, 0.25) is 0 Å². The van der Waals surface area contributed by atoms with Crippen molar-refractivity contribution in [2.45, 2.75) is 19.3 Å². The Morgan fingerprint density at radius 2 is 2.28 bits per heavy atom. The lowest BCUT2D eigenvalue weighted by molar-refractivity contribution is -0.131. The molecule has 0 spiro atoms. The Morgan fingerprint density at radius 3 is 2.89 bits per heavy atom. The number of carboxylic acids is 1. The summed E-state index contributed by atoms with van der Waals surface area (Å²) in [5, 5.41) is 8.58. The molecule has 0 heterocycles. The van der Waals surface area contributed by atoms with Crippen molar-refractivity contribution < 1.29 is 19.0 Å². The summed E-state index contributed by atoms with van der Waals surface area (Å²) >= 11 is 0. The number of carbonyl (C=O) groups is 1. The fourth-order valence-electron chi connectivity index (χ4n) is 1.81. The van der Waals surface area contributed by atoms with Crippen LogP contribution in [0.25, 0.3) is 6.08 Å². The molecule has 0 radical (unpaired) electrons. The highest BCUT2D eigenvalue weighted by Crippen LogP contribution is 2.28. The first kappa shape index (κ1) is 12.6. The smallest absolute Gasteiger partial charge is 0.328 e. The molecule has 1 aromatic rings. The van der Waals surface area contributed by atoms with Crippen LogP contribution in [0.5, 0.6) is 5.75 Å². The molecular weight excluding hydrogens is 235 g/mol. The maximum atomic E-state index is 13.1. The average molecular weight is 250 g/mol. The lowest BCUT2D eigenvalue weighted by atomic mass is 9.86. The lowest BCUT2D eigenvalue weighted by Crippen LogP contribution is -2.19. The van der Waals surface area contributed by atoms with Gasteiger partial charge >= 0.3 is 5.97 Å². The second kappa shape index (κ2) is 5.67. The summed E-state index contributed by atoms with van der Waals surface area (Å²) < 4.78 is 18.7. The Labute approximate surface area is 105 Å². The van der Waals surface area contributed by atoms with Crippen molar-refractivity contribution in [3.05, 3.63) is 35.7 Å². The minimum atomic E-state index is -1.07. The molecule has 0 aliphatic heterocycles. The quantitative estimate of drug-likeness (QED) is 0.817. The van der Waals surface area contributed by atoms with Crippen molar-refractivity contribution in [3.63, 3.8) is 0 Å². The van der Waals surface area contributed by atoms with E-state index < -0.39 is 11.8 Å². The molecule has 1 aliphatic rings. The number of rotatable bonds is 5. The van der Waals surface area contributed by atoms with Gasteiger partial charge in [-0.2, -0.15) is 0 Å². The van der Waals surface area contributed by atoms with E-state index in [9.17, 15) is 9.18 Å². The molecule has 0 amide bonds. The van der Waals surface area contributed by atoms with Gasteiger partial charge in [-0.25, -0.2) is 9.18 Å². The van der Waals surface area contributed by atoms with Crippen LogP contribution in [0.15, 0.2) is 24.3 Å². The maximum Gasteiger partial charge on any atom is 0.328 e. The van der Waals surface area contributed by atoms with E-state index in [0.717, 1.165) is 6.08 Å². The number of hydrogen-bond donors (Lipinski definition) is 1. The Morgan fingerprint density at radius 1 is 1.50 bits per heavy atom. The minimum Gasteiger partial charge on any atom is -0.493 e. The van der Waals surface area contributed by atoms with Crippen LogP contribution in [-0.4, -0.2) is 17.7 Å². The number of hydrogen-bond acceptors (Lipinski definition) is 2. The largest absolute Gasteiger partial charge is 0.493 e. The van der Waals surface area contributed by atoms with Crippen molar-refractivity contribution in [2.24, 2.45) is 5.92 Å². The molecule has 0 atom stereocenters. The standard InChI is InChI=1S/C14H15FO3/c15-12-5-6-13(18-9-10-2-1-3-10)11(8-12)4-7-14(16)17/h4-8,10H,1-3,9H2,(H,16,17)/b7-4+. The molecule has 96 valence electrons. The summed E-state index contributed by atoms with van der Waals surface area (Å²) in [5.41, 5.74) is 0.455. The Kier molecular flexibility index (Phi) is 3.97. The van der Waals surface area contributed by atoms with Crippen molar-refractivity contribution in [1.29, 1.82) is 0 Å². The minimum absolute atomic E-state index is 0.406. The highest BCUT2D eigenvalue weighted by atomic mass is 19.1. The van der Waals surface area contributed by atoms with Crippen LogP contribution in [-0.2, 0) is 4.79 Å². The number of ether oxygens (including phenoxy) is 1. The number of benzene rings is 1. The molecule has 0 aromatic heterocycles. The van der Waals surface area contributed by atoms with Gasteiger partial charge in [0.15, 0.2) is 0 Å². The number of halogens is 1. The molecule has 1 aromatic carbocycles. The van der Waals surface area contributed by atoms with Crippen molar-refractivity contribution in [3.8, 4) is 5.75 Å². The van der Waals surface area contributed by atoms with Gasteiger partial charge in [0.25, 0.3) is 0 Å². The zero-order valence-corrected chi connectivity index (χ0v) is 9.93. The summed E-state index contributed by atoms with van der Waals surface area (Å²) in [6, 6.07) is 4.12. The summed E-state index contributed by atoms with van der Waals surface area (Å²) in [6.45, 7) is 0.611. The molecule has 1 aliphatic carbocycles. The van der Waals surface area contributed by atoms with Crippen LogP contribution in [0.1, 0.15) is 24.8 Å².